The zero-order valence-electron chi connectivity index (χ0n) is 13.9. The van der Waals surface area contributed by atoms with E-state index in [9.17, 15) is 4.79 Å². The summed E-state index contributed by atoms with van der Waals surface area (Å²) in [6, 6.07) is 0. The monoisotopic (exact) mass is 293 g/mol. The van der Waals surface area contributed by atoms with E-state index in [-0.39, 0.29) is 12.0 Å². The Morgan fingerprint density at radius 2 is 1.57 bits per heavy atom. The first-order valence-corrected chi connectivity index (χ1v) is 8.73. The van der Waals surface area contributed by atoms with Crippen LogP contribution >= 0.6 is 0 Å². The third-order valence-electron chi connectivity index (χ3n) is 6.24. The molecule has 4 aliphatic carbocycles. The fraction of sp³-hybridized carbons (Fsp3) is 0.944. The number of hydrogen-bond donors (Lipinski definition) is 1. The molecule has 3 nitrogen and oxygen atoms in total. The zero-order chi connectivity index (χ0) is 15.3. The Bertz CT molecular complexity index is 375. The molecule has 120 valence electrons. The normalized spacial score (nSPS) is 38.2. The van der Waals surface area contributed by atoms with Crippen molar-refractivity contribution < 1.29 is 9.90 Å². The Labute approximate surface area is 129 Å². The second kappa shape index (κ2) is 5.26. The summed E-state index contributed by atoms with van der Waals surface area (Å²) in [7, 11) is 0. The van der Waals surface area contributed by atoms with E-state index < -0.39 is 5.97 Å². The molecule has 0 aromatic heterocycles. The smallest absolute Gasteiger partial charge is 0.304 e. The van der Waals surface area contributed by atoms with Crippen LogP contribution in [0.15, 0.2) is 0 Å². The van der Waals surface area contributed by atoms with Crippen molar-refractivity contribution in [3.05, 3.63) is 0 Å². The van der Waals surface area contributed by atoms with Gasteiger partial charge in [-0.3, -0.25) is 9.69 Å². The van der Waals surface area contributed by atoms with E-state index >= 15 is 0 Å². The molecule has 0 radical (unpaired) electrons. The Hall–Kier alpha value is -0.570. The molecule has 4 rings (SSSR count). The summed E-state index contributed by atoms with van der Waals surface area (Å²) in [5.74, 6) is 2.24. The minimum Gasteiger partial charge on any atom is -0.481 e. The van der Waals surface area contributed by atoms with Crippen molar-refractivity contribution in [2.24, 2.45) is 23.2 Å². The average molecular weight is 293 g/mol. The number of aliphatic carboxylic acids is 1. The number of rotatable bonds is 5. The van der Waals surface area contributed by atoms with E-state index in [1.54, 1.807) is 0 Å². The van der Waals surface area contributed by atoms with E-state index in [1.165, 1.54) is 38.5 Å². The Morgan fingerprint density at radius 3 is 1.95 bits per heavy atom. The molecule has 0 saturated heterocycles. The highest BCUT2D eigenvalue weighted by Gasteiger charge is 2.51. The lowest BCUT2D eigenvalue weighted by atomic mass is 9.49. The molecule has 3 heteroatoms. The van der Waals surface area contributed by atoms with Crippen molar-refractivity contribution in [3.63, 3.8) is 0 Å². The summed E-state index contributed by atoms with van der Waals surface area (Å²) in [5, 5.41) is 9.03. The molecule has 0 atom stereocenters. The van der Waals surface area contributed by atoms with Gasteiger partial charge in [0.1, 0.15) is 0 Å². The Balaban J connectivity index is 1.71. The average Bonchev–Trinajstić information content (AvgIpc) is 2.31. The summed E-state index contributed by atoms with van der Waals surface area (Å²) < 4.78 is 0. The van der Waals surface area contributed by atoms with Crippen LogP contribution in [0.1, 0.15) is 65.7 Å². The third kappa shape index (κ3) is 3.28. The maximum atomic E-state index is 11.0. The lowest BCUT2D eigenvalue weighted by Gasteiger charge is -2.59. The Kier molecular flexibility index (Phi) is 3.84. The number of nitrogens with zero attached hydrogens (tertiary/aromatic N) is 1. The van der Waals surface area contributed by atoms with Gasteiger partial charge in [0.15, 0.2) is 0 Å². The third-order valence-corrected chi connectivity index (χ3v) is 6.24. The molecule has 0 amide bonds. The van der Waals surface area contributed by atoms with Crippen LogP contribution in [0.5, 0.6) is 0 Å². The molecule has 21 heavy (non-hydrogen) atoms. The minimum atomic E-state index is -0.672. The van der Waals surface area contributed by atoms with Crippen molar-refractivity contribution in [1.29, 1.82) is 0 Å². The van der Waals surface area contributed by atoms with Gasteiger partial charge in [-0.05, 0) is 82.5 Å². The maximum Gasteiger partial charge on any atom is 0.304 e. The predicted molar refractivity (Wildman–Crippen MR) is 84.2 cm³/mol. The molecule has 0 aromatic rings. The second-order valence-electron chi connectivity index (χ2n) is 9.15. The minimum absolute atomic E-state index is 0.0682. The molecular formula is C18H31NO2. The summed E-state index contributed by atoms with van der Waals surface area (Å²) in [6.45, 7) is 8.51. The number of hydrogen-bond acceptors (Lipinski definition) is 2. The van der Waals surface area contributed by atoms with Crippen LogP contribution < -0.4 is 0 Å². The first kappa shape index (κ1) is 15.3. The maximum absolute atomic E-state index is 11.0. The molecule has 4 aliphatic rings. The van der Waals surface area contributed by atoms with Crippen molar-refractivity contribution in [1.82, 2.24) is 4.90 Å². The highest BCUT2D eigenvalue weighted by molar-refractivity contribution is 5.66. The molecule has 0 aliphatic heterocycles. The molecule has 0 unspecified atom stereocenters. The van der Waals surface area contributed by atoms with Gasteiger partial charge in [-0.25, -0.2) is 0 Å². The molecule has 4 bridgehead atoms. The van der Waals surface area contributed by atoms with E-state index in [0.29, 0.717) is 12.0 Å². The van der Waals surface area contributed by atoms with Gasteiger partial charge in [0, 0.05) is 18.6 Å². The van der Waals surface area contributed by atoms with E-state index in [1.807, 2.05) is 0 Å². The highest BCUT2D eigenvalue weighted by Crippen LogP contribution is 2.60. The Morgan fingerprint density at radius 1 is 1.10 bits per heavy atom. The van der Waals surface area contributed by atoms with Crippen molar-refractivity contribution >= 4 is 5.97 Å². The predicted octanol–water partition coefficient (Wildman–Crippen LogP) is 3.78. The largest absolute Gasteiger partial charge is 0.481 e. The van der Waals surface area contributed by atoms with Crippen LogP contribution in [0.25, 0.3) is 0 Å². The fourth-order valence-electron chi connectivity index (χ4n) is 5.77. The van der Waals surface area contributed by atoms with E-state index in [4.69, 9.17) is 5.11 Å². The van der Waals surface area contributed by atoms with Crippen LogP contribution in [0, 0.1) is 23.2 Å². The standard InChI is InChI=1S/C18H31NO2/c1-17(2,3)19(5-4-16(20)21)12-18-9-13-6-14(10-18)8-15(7-13)11-18/h13-15H,4-12H2,1-3H3,(H,20,21). The van der Waals surface area contributed by atoms with Crippen LogP contribution in [-0.4, -0.2) is 34.6 Å². The molecule has 1 N–H and O–H groups in total. The van der Waals surface area contributed by atoms with Gasteiger partial charge < -0.3 is 5.11 Å². The van der Waals surface area contributed by atoms with Crippen LogP contribution in [0.3, 0.4) is 0 Å². The van der Waals surface area contributed by atoms with Crippen LogP contribution in [0.2, 0.25) is 0 Å². The molecule has 4 fully saturated rings. The highest BCUT2D eigenvalue weighted by atomic mass is 16.4. The first-order valence-electron chi connectivity index (χ1n) is 8.73. The first-order chi connectivity index (χ1) is 9.76. The van der Waals surface area contributed by atoms with Gasteiger partial charge in [-0.2, -0.15) is 0 Å². The molecular weight excluding hydrogens is 262 g/mol. The van der Waals surface area contributed by atoms with E-state index in [0.717, 1.165) is 24.3 Å². The van der Waals surface area contributed by atoms with Gasteiger partial charge in [-0.1, -0.05) is 0 Å². The lowest BCUT2D eigenvalue weighted by Crippen LogP contribution is -2.55. The molecule has 0 heterocycles. The quantitative estimate of drug-likeness (QED) is 0.838. The SMILES string of the molecule is CC(C)(C)N(CCC(=O)O)CC12CC3CC(CC(C3)C1)C2. The summed E-state index contributed by atoms with van der Waals surface area (Å²) in [5.41, 5.74) is 0.569. The van der Waals surface area contributed by atoms with Crippen molar-refractivity contribution in [3.8, 4) is 0 Å². The van der Waals surface area contributed by atoms with Gasteiger partial charge in [0.2, 0.25) is 0 Å². The fourth-order valence-corrected chi connectivity index (χ4v) is 5.77. The number of carboxylic acids is 1. The molecule has 4 saturated carbocycles. The molecule has 0 aromatic carbocycles. The van der Waals surface area contributed by atoms with Gasteiger partial charge in [0.05, 0.1) is 6.42 Å². The summed E-state index contributed by atoms with van der Waals surface area (Å²) >= 11 is 0. The number of carboxylic acid groups (broad SMARTS) is 1. The second-order valence-corrected chi connectivity index (χ2v) is 9.15. The zero-order valence-corrected chi connectivity index (χ0v) is 13.9. The molecule has 0 spiro atoms. The summed E-state index contributed by atoms with van der Waals surface area (Å²) in [4.78, 5) is 13.4. The van der Waals surface area contributed by atoms with Crippen molar-refractivity contribution in [2.45, 2.75) is 71.3 Å². The number of carbonyl (C=O) groups is 1. The van der Waals surface area contributed by atoms with Gasteiger partial charge in [-0.15, -0.1) is 0 Å². The van der Waals surface area contributed by atoms with Gasteiger partial charge in [0.25, 0.3) is 0 Å². The van der Waals surface area contributed by atoms with Crippen molar-refractivity contribution in [2.75, 3.05) is 13.1 Å². The lowest BCUT2D eigenvalue weighted by molar-refractivity contribution is -0.138. The summed E-state index contributed by atoms with van der Waals surface area (Å²) in [6.07, 6.45) is 8.90. The van der Waals surface area contributed by atoms with E-state index in [2.05, 4.69) is 25.7 Å². The van der Waals surface area contributed by atoms with Crippen LogP contribution in [-0.2, 0) is 4.79 Å². The topological polar surface area (TPSA) is 40.5 Å². The van der Waals surface area contributed by atoms with Gasteiger partial charge >= 0.3 is 5.97 Å². The van der Waals surface area contributed by atoms with Crippen LogP contribution in [0.4, 0.5) is 0 Å².